The van der Waals surface area contributed by atoms with E-state index in [-0.39, 0.29) is 46.2 Å². The number of fused-ring (bicyclic) bond motifs is 4. The first-order valence-electron chi connectivity index (χ1n) is 16.9. The van der Waals surface area contributed by atoms with Crippen LogP contribution in [0.4, 0.5) is 11.4 Å². The van der Waals surface area contributed by atoms with Gasteiger partial charge < -0.3 is 29.5 Å². The third kappa shape index (κ3) is 6.97. The average Bonchev–Trinajstić information content (AvgIpc) is 3.52. The highest BCUT2D eigenvalue weighted by Gasteiger charge is 2.37. The van der Waals surface area contributed by atoms with Gasteiger partial charge in [0.2, 0.25) is 0 Å². The minimum absolute atomic E-state index is 0.0119. The van der Waals surface area contributed by atoms with E-state index < -0.39 is 0 Å². The summed E-state index contributed by atoms with van der Waals surface area (Å²) in [4.78, 5) is 39.2. The molecule has 2 fully saturated rings. The normalized spacial score (nSPS) is 23.6. The van der Waals surface area contributed by atoms with Crippen molar-refractivity contribution in [3.63, 3.8) is 0 Å². The van der Waals surface area contributed by atoms with Crippen LogP contribution in [0.5, 0.6) is 23.0 Å². The van der Waals surface area contributed by atoms with E-state index in [1.807, 2.05) is 22.2 Å². The van der Waals surface area contributed by atoms with Gasteiger partial charge in [-0.2, -0.15) is 0 Å². The molecule has 0 saturated carbocycles. The topological polar surface area (TPSA) is 124 Å². The number of nitrogens with zero attached hydrogens (tertiary/aromatic N) is 4. The summed E-state index contributed by atoms with van der Waals surface area (Å²) in [7, 11) is 0. The molecule has 6 rings (SSSR count). The Balaban J connectivity index is 1.02. The van der Waals surface area contributed by atoms with Gasteiger partial charge in [0.15, 0.2) is 23.0 Å². The summed E-state index contributed by atoms with van der Waals surface area (Å²) in [5.41, 5.74) is 1.61. The number of rotatable bonds is 10. The molecule has 2 aromatic rings. The Hall–Kier alpha value is -4.08. The van der Waals surface area contributed by atoms with E-state index in [0.29, 0.717) is 72.1 Å². The Morgan fingerprint density at radius 1 is 0.723 bits per heavy atom. The first kappa shape index (κ1) is 32.8. The zero-order chi connectivity index (χ0) is 33.7. The van der Waals surface area contributed by atoms with E-state index >= 15 is 0 Å². The predicted molar refractivity (Wildman–Crippen MR) is 182 cm³/mol. The molecule has 252 valence electrons. The summed E-state index contributed by atoms with van der Waals surface area (Å²) >= 11 is 0. The number of ether oxygens (including phenoxy) is 2. The first-order valence-corrected chi connectivity index (χ1v) is 16.9. The largest absolute Gasteiger partial charge is 0.504 e. The second-order valence-corrected chi connectivity index (χ2v) is 15.7. The Bertz CT molecular complexity index is 1610. The van der Waals surface area contributed by atoms with Crippen LogP contribution in [-0.2, 0) is 0 Å². The molecule has 2 amide bonds. The van der Waals surface area contributed by atoms with Crippen molar-refractivity contribution >= 4 is 35.6 Å². The van der Waals surface area contributed by atoms with Crippen molar-refractivity contribution in [3.8, 4) is 23.0 Å². The van der Waals surface area contributed by atoms with Crippen LogP contribution in [0.2, 0.25) is 0 Å². The van der Waals surface area contributed by atoms with Crippen LogP contribution in [0.25, 0.3) is 0 Å². The van der Waals surface area contributed by atoms with Crippen molar-refractivity contribution in [3.05, 3.63) is 35.4 Å². The van der Waals surface area contributed by atoms with Crippen molar-refractivity contribution in [1.82, 2.24) is 9.80 Å². The van der Waals surface area contributed by atoms with Gasteiger partial charge in [-0.1, -0.05) is 41.5 Å². The van der Waals surface area contributed by atoms with Gasteiger partial charge in [-0.05, 0) is 66.9 Å². The zero-order valence-electron chi connectivity index (χ0n) is 28.5. The lowest BCUT2D eigenvalue weighted by Crippen LogP contribution is -2.35. The number of hydrogen-bond donors (Lipinski definition) is 2. The smallest absolute Gasteiger partial charge is 0.256 e. The molecular weight excluding hydrogens is 596 g/mol. The molecule has 2 N–H and O–H groups in total. The molecule has 0 radical (unpaired) electrons. The van der Waals surface area contributed by atoms with E-state index in [4.69, 9.17) is 9.47 Å². The van der Waals surface area contributed by atoms with Gasteiger partial charge in [-0.3, -0.25) is 19.6 Å². The van der Waals surface area contributed by atoms with Gasteiger partial charge in [-0.15, -0.1) is 0 Å². The fourth-order valence-electron chi connectivity index (χ4n) is 7.05. The first-order chi connectivity index (χ1) is 22.2. The average molecular weight is 645 g/mol. The minimum atomic E-state index is -0.193. The second-order valence-electron chi connectivity index (χ2n) is 15.7. The lowest BCUT2D eigenvalue weighted by atomic mass is 9.78. The Morgan fingerprint density at radius 2 is 1.19 bits per heavy atom. The van der Waals surface area contributed by atoms with Gasteiger partial charge in [0.25, 0.3) is 11.8 Å². The summed E-state index contributed by atoms with van der Waals surface area (Å²) in [6.45, 7) is 15.1. The molecule has 10 heteroatoms. The van der Waals surface area contributed by atoms with Crippen LogP contribution in [0.3, 0.4) is 0 Å². The van der Waals surface area contributed by atoms with Crippen LogP contribution < -0.4 is 9.47 Å². The lowest BCUT2D eigenvalue weighted by molar-refractivity contribution is 0.0762. The molecule has 4 aliphatic rings. The molecule has 4 heterocycles. The van der Waals surface area contributed by atoms with Crippen molar-refractivity contribution in [1.29, 1.82) is 0 Å². The fraction of sp³-hybridized carbons (Fsp3) is 0.568. The number of carbonyl (C=O) groups is 2. The molecule has 0 aliphatic carbocycles. The van der Waals surface area contributed by atoms with Crippen LogP contribution in [0.15, 0.2) is 34.3 Å². The third-order valence-corrected chi connectivity index (χ3v) is 10.1. The molecule has 4 unspecified atom stereocenters. The predicted octanol–water partition coefficient (Wildman–Crippen LogP) is 6.91. The quantitative estimate of drug-likeness (QED) is 0.290. The summed E-state index contributed by atoms with van der Waals surface area (Å²) in [6.07, 6.45) is 8.00. The number of benzene rings is 2. The number of aromatic hydroxyl groups is 2. The number of phenols is 2. The maximum absolute atomic E-state index is 13.2. The van der Waals surface area contributed by atoms with Gasteiger partial charge in [-0.25, -0.2) is 0 Å². The number of carbonyl (C=O) groups excluding carboxylic acids is 2. The third-order valence-electron chi connectivity index (χ3n) is 10.1. The lowest BCUT2D eigenvalue weighted by Gasteiger charge is -2.31. The van der Waals surface area contributed by atoms with Gasteiger partial charge in [0.1, 0.15) is 0 Å². The Kier molecular flexibility index (Phi) is 8.74. The Morgan fingerprint density at radius 3 is 1.70 bits per heavy atom. The molecule has 0 aromatic heterocycles. The van der Waals surface area contributed by atoms with E-state index in [9.17, 15) is 19.8 Å². The molecule has 47 heavy (non-hydrogen) atoms. The molecule has 4 atom stereocenters. The SMILES string of the molecule is CC1CC2C=Nc3cc(OCCC(C)(C)CCC(C)(C)COc4cc5c(cc4O)C(=O)N4CC(C)CC4C=N5)c(O)cc3C(=O)N2C1. The standard InChI is InChI=1S/C37H48N4O6/c1-22-11-24-17-38-28-15-32(30(42)13-26(28)34(44)40(24)19-22)46-10-9-36(3,4)7-8-37(5,6)21-47-33-16-29-27(14-31(33)43)35(45)41-20-23(2)12-25(41)18-39-29/h13-18,22-25,42-43H,7-12,19-21H2,1-6H3. The van der Waals surface area contributed by atoms with E-state index in [0.717, 1.165) is 32.1 Å². The fourth-order valence-corrected chi connectivity index (χ4v) is 7.05. The highest BCUT2D eigenvalue weighted by molar-refractivity contribution is 6.04. The van der Waals surface area contributed by atoms with Crippen LogP contribution in [0, 0.1) is 22.7 Å². The minimum Gasteiger partial charge on any atom is -0.504 e. The molecule has 2 aromatic carbocycles. The Labute approximate surface area is 277 Å². The van der Waals surface area contributed by atoms with Crippen LogP contribution >= 0.6 is 0 Å². The van der Waals surface area contributed by atoms with Crippen molar-refractivity contribution in [2.45, 2.75) is 85.7 Å². The van der Waals surface area contributed by atoms with Gasteiger partial charge >= 0.3 is 0 Å². The molecular formula is C37H48N4O6. The highest BCUT2D eigenvalue weighted by Crippen LogP contribution is 2.41. The van der Waals surface area contributed by atoms with Crippen molar-refractivity contribution < 1.29 is 29.3 Å². The molecule has 4 aliphatic heterocycles. The summed E-state index contributed by atoms with van der Waals surface area (Å²) in [5, 5.41) is 21.5. The van der Waals surface area contributed by atoms with E-state index in [2.05, 4.69) is 51.5 Å². The number of amides is 2. The summed E-state index contributed by atoms with van der Waals surface area (Å²) < 4.78 is 12.2. The van der Waals surface area contributed by atoms with E-state index in [1.54, 1.807) is 12.1 Å². The number of phenolic OH excluding ortho intramolecular Hbond substituents is 2. The maximum Gasteiger partial charge on any atom is 0.256 e. The number of hydrogen-bond acceptors (Lipinski definition) is 8. The van der Waals surface area contributed by atoms with Gasteiger partial charge in [0.05, 0.1) is 47.8 Å². The van der Waals surface area contributed by atoms with Crippen LogP contribution in [0.1, 0.15) is 94.4 Å². The summed E-state index contributed by atoms with van der Waals surface area (Å²) in [5.74, 6) is 1.19. The molecule has 10 nitrogen and oxygen atoms in total. The van der Waals surface area contributed by atoms with Crippen molar-refractivity contribution in [2.75, 3.05) is 26.3 Å². The van der Waals surface area contributed by atoms with Gasteiger partial charge in [0, 0.05) is 37.7 Å². The molecule has 0 spiro atoms. The monoisotopic (exact) mass is 644 g/mol. The second kappa shape index (κ2) is 12.5. The van der Waals surface area contributed by atoms with Crippen molar-refractivity contribution in [2.24, 2.45) is 32.7 Å². The molecule has 0 bridgehead atoms. The zero-order valence-corrected chi connectivity index (χ0v) is 28.5. The van der Waals surface area contributed by atoms with Crippen LogP contribution in [-0.4, -0.2) is 82.6 Å². The molecule has 2 saturated heterocycles. The number of aliphatic imine (C=N–C) groups is 2. The van der Waals surface area contributed by atoms with E-state index in [1.165, 1.54) is 12.1 Å². The summed E-state index contributed by atoms with van der Waals surface area (Å²) in [6, 6.07) is 6.29. The maximum atomic E-state index is 13.2. The highest BCUT2D eigenvalue weighted by atomic mass is 16.5.